The van der Waals surface area contributed by atoms with Gasteiger partial charge in [-0.25, -0.2) is 0 Å². The summed E-state index contributed by atoms with van der Waals surface area (Å²) in [5.74, 6) is 0.292. The van der Waals surface area contributed by atoms with Crippen LogP contribution in [0, 0.1) is 5.41 Å². The van der Waals surface area contributed by atoms with Gasteiger partial charge in [0, 0.05) is 12.6 Å². The van der Waals surface area contributed by atoms with Crippen molar-refractivity contribution in [3.8, 4) is 5.75 Å². The van der Waals surface area contributed by atoms with E-state index in [-0.39, 0.29) is 23.7 Å². The minimum atomic E-state index is -0.159. The lowest BCUT2D eigenvalue weighted by molar-refractivity contribution is 0.0926. The molecule has 6 heteroatoms. The Kier molecular flexibility index (Phi) is 6.82. The minimum absolute atomic E-state index is 0. The molecule has 4 nitrogen and oxygen atoms in total. The van der Waals surface area contributed by atoms with Crippen LogP contribution in [0.3, 0.4) is 0 Å². The highest BCUT2D eigenvalue weighted by Gasteiger charge is 2.32. The Morgan fingerprint density at radius 3 is 2.59 bits per heavy atom. The van der Waals surface area contributed by atoms with E-state index in [1.165, 1.54) is 32.8 Å². The minimum Gasteiger partial charge on any atom is -0.496 e. The van der Waals surface area contributed by atoms with Crippen LogP contribution in [0.5, 0.6) is 5.75 Å². The molecular weight excluding hydrogens is 323 g/mol. The lowest BCUT2D eigenvalue weighted by Crippen LogP contribution is -2.35. The first-order valence-corrected chi connectivity index (χ1v) is 7.80. The van der Waals surface area contributed by atoms with Crippen molar-refractivity contribution in [1.82, 2.24) is 5.32 Å². The first kappa shape index (κ1) is 18.9. The number of anilines is 1. The molecule has 0 aliphatic heterocycles. The van der Waals surface area contributed by atoms with E-state index in [0.29, 0.717) is 28.6 Å². The largest absolute Gasteiger partial charge is 0.496 e. The SMILES string of the molecule is CCC1(CNC(=O)c2cc(Cl)c(N)cc2OC)CCCC1.Cl. The van der Waals surface area contributed by atoms with Crippen molar-refractivity contribution in [1.29, 1.82) is 0 Å². The van der Waals surface area contributed by atoms with Crippen molar-refractivity contribution in [3.63, 3.8) is 0 Å². The van der Waals surface area contributed by atoms with Gasteiger partial charge in [-0.3, -0.25) is 4.79 Å². The molecule has 22 heavy (non-hydrogen) atoms. The summed E-state index contributed by atoms with van der Waals surface area (Å²) in [4.78, 5) is 12.4. The summed E-state index contributed by atoms with van der Waals surface area (Å²) in [6.45, 7) is 2.89. The Labute approximate surface area is 143 Å². The van der Waals surface area contributed by atoms with Gasteiger partial charge in [-0.2, -0.15) is 0 Å². The number of carbonyl (C=O) groups excluding carboxylic acids is 1. The second-order valence-corrected chi connectivity index (χ2v) is 6.22. The third-order valence-corrected chi connectivity index (χ3v) is 4.93. The first-order valence-electron chi connectivity index (χ1n) is 7.42. The Morgan fingerprint density at radius 2 is 2.05 bits per heavy atom. The summed E-state index contributed by atoms with van der Waals surface area (Å²) in [6.07, 6.45) is 5.96. The second-order valence-electron chi connectivity index (χ2n) is 5.82. The molecule has 3 N–H and O–H groups in total. The molecule has 1 aromatic carbocycles. The summed E-state index contributed by atoms with van der Waals surface area (Å²) in [5, 5.41) is 3.40. The van der Waals surface area contributed by atoms with Gasteiger partial charge in [0.1, 0.15) is 5.75 Å². The van der Waals surface area contributed by atoms with Gasteiger partial charge in [-0.1, -0.05) is 31.4 Å². The van der Waals surface area contributed by atoms with Crippen LogP contribution in [-0.4, -0.2) is 19.6 Å². The number of hydrogen-bond acceptors (Lipinski definition) is 3. The summed E-state index contributed by atoms with van der Waals surface area (Å²) < 4.78 is 5.23. The number of benzene rings is 1. The van der Waals surface area contributed by atoms with Gasteiger partial charge in [-0.15, -0.1) is 12.4 Å². The number of methoxy groups -OCH3 is 1. The maximum Gasteiger partial charge on any atom is 0.255 e. The van der Waals surface area contributed by atoms with Crippen molar-refractivity contribution in [2.45, 2.75) is 39.0 Å². The van der Waals surface area contributed by atoms with E-state index in [1.54, 1.807) is 12.1 Å². The van der Waals surface area contributed by atoms with Crippen molar-refractivity contribution >= 4 is 35.6 Å². The highest BCUT2D eigenvalue weighted by Crippen LogP contribution is 2.40. The molecule has 1 fully saturated rings. The molecule has 0 saturated heterocycles. The fourth-order valence-electron chi connectivity index (χ4n) is 3.06. The Hall–Kier alpha value is -1.13. The summed E-state index contributed by atoms with van der Waals surface area (Å²) in [6, 6.07) is 3.15. The van der Waals surface area contributed by atoms with Gasteiger partial charge >= 0.3 is 0 Å². The molecule has 0 unspecified atom stereocenters. The number of ether oxygens (including phenoxy) is 1. The quantitative estimate of drug-likeness (QED) is 0.790. The fourth-order valence-corrected chi connectivity index (χ4v) is 3.22. The van der Waals surface area contributed by atoms with Crippen molar-refractivity contribution in [2.75, 3.05) is 19.4 Å². The predicted molar refractivity (Wildman–Crippen MR) is 93.2 cm³/mol. The standard InChI is InChI=1S/C16H23ClN2O2.ClH/c1-3-16(6-4-5-7-16)10-19-15(20)11-8-12(17)13(18)9-14(11)21-2;/h8-9H,3-7,10,18H2,1-2H3,(H,19,20);1H. The molecule has 0 radical (unpaired) electrons. The molecule has 0 bridgehead atoms. The van der Waals surface area contributed by atoms with Gasteiger partial charge in [-0.05, 0) is 30.7 Å². The molecule has 0 atom stereocenters. The summed E-state index contributed by atoms with van der Waals surface area (Å²) >= 11 is 6.01. The fraction of sp³-hybridized carbons (Fsp3) is 0.562. The Balaban J connectivity index is 0.00000242. The Bertz CT molecular complexity index is 529. The average Bonchev–Trinajstić information content (AvgIpc) is 2.96. The third-order valence-electron chi connectivity index (χ3n) is 4.60. The smallest absolute Gasteiger partial charge is 0.255 e. The number of hydrogen-bond donors (Lipinski definition) is 2. The monoisotopic (exact) mass is 346 g/mol. The highest BCUT2D eigenvalue weighted by molar-refractivity contribution is 6.33. The number of rotatable bonds is 5. The molecule has 124 valence electrons. The number of halogens is 2. The molecule has 1 saturated carbocycles. The summed E-state index contributed by atoms with van der Waals surface area (Å²) in [5.41, 5.74) is 6.83. The maximum absolute atomic E-state index is 12.4. The number of nitrogen functional groups attached to an aromatic ring is 1. The van der Waals surface area contributed by atoms with Crippen LogP contribution in [0.1, 0.15) is 49.4 Å². The van der Waals surface area contributed by atoms with E-state index in [4.69, 9.17) is 22.1 Å². The van der Waals surface area contributed by atoms with Gasteiger partial charge in [0.15, 0.2) is 0 Å². The maximum atomic E-state index is 12.4. The van der Waals surface area contributed by atoms with Crippen LogP contribution >= 0.6 is 24.0 Å². The zero-order valence-corrected chi connectivity index (χ0v) is 14.6. The lowest BCUT2D eigenvalue weighted by Gasteiger charge is -2.27. The van der Waals surface area contributed by atoms with Crippen molar-refractivity contribution in [3.05, 3.63) is 22.7 Å². The van der Waals surface area contributed by atoms with E-state index in [1.807, 2.05) is 0 Å². The normalized spacial score (nSPS) is 16.0. The second kappa shape index (κ2) is 7.93. The van der Waals surface area contributed by atoms with E-state index < -0.39 is 0 Å². The van der Waals surface area contributed by atoms with Crippen LogP contribution in [0.2, 0.25) is 5.02 Å². The molecule has 0 aromatic heterocycles. The van der Waals surface area contributed by atoms with Gasteiger partial charge < -0.3 is 15.8 Å². The van der Waals surface area contributed by atoms with E-state index in [2.05, 4.69) is 12.2 Å². The van der Waals surface area contributed by atoms with Crippen LogP contribution in [0.15, 0.2) is 12.1 Å². The lowest BCUT2D eigenvalue weighted by atomic mass is 9.83. The van der Waals surface area contributed by atoms with Crippen molar-refractivity contribution < 1.29 is 9.53 Å². The van der Waals surface area contributed by atoms with Crippen LogP contribution < -0.4 is 15.8 Å². The zero-order chi connectivity index (χ0) is 15.5. The first-order chi connectivity index (χ1) is 10.0. The molecule has 2 rings (SSSR count). The number of amides is 1. The third kappa shape index (κ3) is 3.99. The molecular formula is C16H24Cl2N2O2. The number of carbonyl (C=O) groups is 1. The van der Waals surface area contributed by atoms with Crippen LogP contribution in [0.4, 0.5) is 5.69 Å². The molecule has 1 aliphatic rings. The van der Waals surface area contributed by atoms with Gasteiger partial charge in [0.25, 0.3) is 5.91 Å². The zero-order valence-electron chi connectivity index (χ0n) is 13.1. The molecule has 1 aromatic rings. The number of nitrogens with two attached hydrogens (primary N) is 1. The Morgan fingerprint density at radius 1 is 1.41 bits per heavy atom. The van der Waals surface area contributed by atoms with Gasteiger partial charge in [0.05, 0.1) is 23.4 Å². The molecule has 0 heterocycles. The average molecular weight is 347 g/mol. The molecule has 0 spiro atoms. The summed E-state index contributed by atoms with van der Waals surface area (Å²) in [7, 11) is 1.52. The predicted octanol–water partition coefficient (Wildman–Crippen LogP) is 4.05. The van der Waals surface area contributed by atoms with Crippen LogP contribution in [-0.2, 0) is 0 Å². The van der Waals surface area contributed by atoms with E-state index in [0.717, 1.165) is 6.42 Å². The topological polar surface area (TPSA) is 64.4 Å². The molecule has 1 aliphatic carbocycles. The van der Waals surface area contributed by atoms with E-state index >= 15 is 0 Å². The molecule has 1 amide bonds. The van der Waals surface area contributed by atoms with Crippen LogP contribution in [0.25, 0.3) is 0 Å². The number of nitrogens with one attached hydrogen (secondary N) is 1. The van der Waals surface area contributed by atoms with E-state index in [9.17, 15) is 4.79 Å². The van der Waals surface area contributed by atoms with Crippen molar-refractivity contribution in [2.24, 2.45) is 5.41 Å². The highest BCUT2D eigenvalue weighted by atomic mass is 35.5. The van der Waals surface area contributed by atoms with Gasteiger partial charge in [0.2, 0.25) is 0 Å².